The lowest BCUT2D eigenvalue weighted by Gasteiger charge is -2.37. The molecule has 2 aromatic carbocycles. The number of anilines is 1. The maximum atomic E-state index is 14.9. The fourth-order valence-corrected chi connectivity index (χ4v) is 3.76. The zero-order valence-electron chi connectivity index (χ0n) is 19.7. The van der Waals surface area contributed by atoms with Gasteiger partial charge in [-0.1, -0.05) is 25.1 Å². The number of Topliss-reactive ketones (excluding diaryl/α,β-unsaturated/α-hetero) is 1. The Morgan fingerprint density at radius 1 is 0.973 bits per heavy atom. The molecule has 200 valence electrons. The highest BCUT2D eigenvalue weighted by atomic mass is 19.4. The Kier molecular flexibility index (Phi) is 8.79. The van der Waals surface area contributed by atoms with Crippen LogP contribution in [-0.2, 0) is 11.3 Å². The van der Waals surface area contributed by atoms with Crippen molar-refractivity contribution < 1.29 is 40.7 Å². The Bertz CT molecular complexity index is 1170. The summed E-state index contributed by atoms with van der Waals surface area (Å²) in [6.45, 7) is 2.99. The van der Waals surface area contributed by atoms with Crippen molar-refractivity contribution in [3.05, 3.63) is 65.0 Å². The van der Waals surface area contributed by atoms with Crippen LogP contribution in [0.1, 0.15) is 22.8 Å². The number of piperazine rings is 1. The van der Waals surface area contributed by atoms with E-state index in [1.807, 2.05) is 6.92 Å². The van der Waals surface area contributed by atoms with Crippen molar-refractivity contribution in [1.29, 1.82) is 0 Å². The number of hydrogen-bond acceptors (Lipinski definition) is 4. The molecular weight excluding hydrogens is 506 g/mol. The van der Waals surface area contributed by atoms with Gasteiger partial charge in [-0.3, -0.25) is 14.5 Å². The summed E-state index contributed by atoms with van der Waals surface area (Å²) in [6.07, 6.45) is -5.18. The Morgan fingerprint density at radius 3 is 2.24 bits per heavy atom. The molecule has 2 aromatic rings. The maximum absolute atomic E-state index is 14.9. The molecule has 0 spiro atoms. The van der Waals surface area contributed by atoms with E-state index in [1.54, 1.807) is 0 Å². The summed E-state index contributed by atoms with van der Waals surface area (Å²) in [5.41, 5.74) is -0.883. The topological polar surface area (TPSA) is 73.0 Å². The van der Waals surface area contributed by atoms with Crippen LogP contribution in [0.2, 0.25) is 0 Å². The van der Waals surface area contributed by atoms with Crippen molar-refractivity contribution >= 4 is 23.4 Å². The first-order valence-corrected chi connectivity index (χ1v) is 11.3. The average molecular weight is 530 g/mol. The number of alkyl halides is 3. The lowest BCUT2D eigenvalue weighted by molar-refractivity contribution is -0.173. The second-order valence-electron chi connectivity index (χ2n) is 8.27. The summed E-state index contributed by atoms with van der Waals surface area (Å²) < 4.78 is 80.4. The Labute approximate surface area is 208 Å². The van der Waals surface area contributed by atoms with Gasteiger partial charge in [-0.15, -0.1) is 0 Å². The molecule has 0 atom stereocenters. The maximum Gasteiger partial charge on any atom is 0.471 e. The van der Waals surface area contributed by atoms with Crippen molar-refractivity contribution in [2.75, 3.05) is 44.2 Å². The predicted octanol–water partition coefficient (Wildman–Crippen LogP) is 3.73. The van der Waals surface area contributed by atoms with Gasteiger partial charge in [0.15, 0.2) is 17.4 Å². The number of halogens is 6. The molecule has 0 bridgehead atoms. The first-order chi connectivity index (χ1) is 17.4. The summed E-state index contributed by atoms with van der Waals surface area (Å²) >= 11 is 0. The SMILES string of the molecule is CCN1CCN(C(=O)N(Cc2ccc(C(=O)CNC(=O)C(F)(F)F)cc2F)c2cccc(F)c2F)CC1. The first kappa shape index (κ1) is 28.0. The highest BCUT2D eigenvalue weighted by Crippen LogP contribution is 2.26. The molecular formula is C24H24F6N4O3. The minimum Gasteiger partial charge on any atom is -0.341 e. The van der Waals surface area contributed by atoms with E-state index >= 15 is 0 Å². The number of urea groups is 1. The van der Waals surface area contributed by atoms with Gasteiger partial charge in [-0.25, -0.2) is 18.0 Å². The van der Waals surface area contributed by atoms with Gasteiger partial charge in [0, 0.05) is 37.3 Å². The number of likely N-dealkylation sites (N-methyl/N-ethyl adjacent to an activating group) is 1. The molecule has 0 radical (unpaired) electrons. The predicted molar refractivity (Wildman–Crippen MR) is 121 cm³/mol. The van der Waals surface area contributed by atoms with Crippen LogP contribution in [0.3, 0.4) is 0 Å². The molecule has 1 aliphatic heterocycles. The Balaban J connectivity index is 1.82. The van der Waals surface area contributed by atoms with E-state index in [0.29, 0.717) is 26.2 Å². The quantitative estimate of drug-likeness (QED) is 0.438. The summed E-state index contributed by atoms with van der Waals surface area (Å²) in [7, 11) is 0. The largest absolute Gasteiger partial charge is 0.471 e. The van der Waals surface area contributed by atoms with Gasteiger partial charge in [0.05, 0.1) is 18.8 Å². The number of hydrogen-bond donors (Lipinski definition) is 1. The molecule has 1 N–H and O–H groups in total. The summed E-state index contributed by atoms with van der Waals surface area (Å²) in [5, 5.41) is 1.40. The molecule has 7 nitrogen and oxygen atoms in total. The van der Waals surface area contributed by atoms with Gasteiger partial charge in [-0.2, -0.15) is 13.2 Å². The minimum absolute atomic E-state index is 0.153. The van der Waals surface area contributed by atoms with Crippen LogP contribution in [0, 0.1) is 17.5 Å². The second kappa shape index (κ2) is 11.6. The van der Waals surface area contributed by atoms with Crippen molar-refractivity contribution in [2.45, 2.75) is 19.6 Å². The molecule has 1 aliphatic rings. The van der Waals surface area contributed by atoms with Crippen LogP contribution >= 0.6 is 0 Å². The molecule has 13 heteroatoms. The minimum atomic E-state index is -5.18. The molecule has 1 saturated heterocycles. The summed E-state index contributed by atoms with van der Waals surface area (Å²) in [6, 6.07) is 5.54. The normalized spacial score (nSPS) is 14.4. The fourth-order valence-electron chi connectivity index (χ4n) is 3.76. The smallest absolute Gasteiger partial charge is 0.341 e. The lowest BCUT2D eigenvalue weighted by atomic mass is 10.1. The van der Waals surface area contributed by atoms with Gasteiger partial charge in [0.25, 0.3) is 0 Å². The number of ketones is 1. The number of nitrogens with zero attached hydrogens (tertiary/aromatic N) is 3. The second-order valence-corrected chi connectivity index (χ2v) is 8.27. The van der Waals surface area contributed by atoms with E-state index in [2.05, 4.69) is 4.90 Å². The van der Waals surface area contributed by atoms with E-state index in [1.165, 1.54) is 22.3 Å². The van der Waals surface area contributed by atoms with E-state index in [-0.39, 0.29) is 11.1 Å². The third kappa shape index (κ3) is 6.79. The lowest BCUT2D eigenvalue weighted by Crippen LogP contribution is -2.53. The van der Waals surface area contributed by atoms with Crippen LogP contribution < -0.4 is 10.2 Å². The highest BCUT2D eigenvalue weighted by Gasteiger charge is 2.38. The van der Waals surface area contributed by atoms with Crippen LogP contribution in [0.4, 0.5) is 36.8 Å². The van der Waals surface area contributed by atoms with Gasteiger partial charge >= 0.3 is 18.1 Å². The molecule has 0 saturated carbocycles. The number of amides is 3. The molecule has 1 fully saturated rings. The van der Waals surface area contributed by atoms with Crippen molar-refractivity contribution in [1.82, 2.24) is 15.1 Å². The third-order valence-electron chi connectivity index (χ3n) is 5.91. The van der Waals surface area contributed by atoms with Crippen molar-refractivity contribution in [2.24, 2.45) is 0 Å². The Morgan fingerprint density at radius 2 is 1.65 bits per heavy atom. The molecule has 0 unspecified atom stereocenters. The highest BCUT2D eigenvalue weighted by molar-refractivity contribution is 6.00. The van der Waals surface area contributed by atoms with Gasteiger partial charge in [0.1, 0.15) is 5.82 Å². The standard InChI is InChI=1S/C24H24F6N4O3/c1-2-32-8-10-33(11-9-32)23(37)34(19-5-3-4-17(25)21(19)27)14-16-7-6-15(12-18(16)26)20(35)13-31-22(36)24(28,29)30/h3-7,12H,2,8-11,13-14H2,1H3,(H,31,36). The van der Waals surface area contributed by atoms with E-state index < -0.39 is 60.1 Å². The van der Waals surface area contributed by atoms with Crippen molar-refractivity contribution in [3.8, 4) is 0 Å². The number of rotatable bonds is 7. The fraction of sp³-hybridized carbons (Fsp3) is 0.375. The van der Waals surface area contributed by atoms with Crippen LogP contribution in [0.5, 0.6) is 0 Å². The number of carbonyl (C=O) groups is 3. The Hall–Kier alpha value is -3.61. The van der Waals surface area contributed by atoms with Gasteiger partial charge < -0.3 is 15.1 Å². The molecule has 3 rings (SSSR count). The molecule has 0 aliphatic carbocycles. The zero-order valence-corrected chi connectivity index (χ0v) is 19.7. The van der Waals surface area contributed by atoms with Crippen LogP contribution in [0.25, 0.3) is 0 Å². The monoisotopic (exact) mass is 530 g/mol. The average Bonchev–Trinajstić information content (AvgIpc) is 2.87. The van der Waals surface area contributed by atoms with Gasteiger partial charge in [0.2, 0.25) is 0 Å². The van der Waals surface area contributed by atoms with E-state index in [9.17, 15) is 40.7 Å². The summed E-state index contributed by atoms with van der Waals surface area (Å²) in [5.74, 6) is -6.80. The van der Waals surface area contributed by atoms with Gasteiger partial charge in [-0.05, 0) is 24.7 Å². The summed E-state index contributed by atoms with van der Waals surface area (Å²) in [4.78, 5) is 40.8. The molecule has 0 aromatic heterocycles. The zero-order chi connectivity index (χ0) is 27.3. The molecule has 37 heavy (non-hydrogen) atoms. The van der Waals surface area contributed by atoms with E-state index in [0.717, 1.165) is 35.7 Å². The third-order valence-corrected chi connectivity index (χ3v) is 5.91. The molecule has 1 heterocycles. The first-order valence-electron chi connectivity index (χ1n) is 11.3. The van der Waals surface area contributed by atoms with Crippen molar-refractivity contribution in [3.63, 3.8) is 0 Å². The number of nitrogens with one attached hydrogen (secondary N) is 1. The molecule has 3 amide bonds. The van der Waals surface area contributed by atoms with Crippen LogP contribution in [0.15, 0.2) is 36.4 Å². The number of carbonyl (C=O) groups excluding carboxylic acids is 3. The van der Waals surface area contributed by atoms with E-state index in [4.69, 9.17) is 0 Å². The van der Waals surface area contributed by atoms with Crippen LogP contribution in [-0.4, -0.2) is 73.0 Å². The number of benzene rings is 2.